The number of para-hydroxylation sites is 1. The number of hydrogen-bond donors (Lipinski definition) is 0. The van der Waals surface area contributed by atoms with Crippen LogP contribution in [0.4, 0.5) is 11.4 Å². The van der Waals surface area contributed by atoms with Gasteiger partial charge in [-0.25, -0.2) is 0 Å². The lowest BCUT2D eigenvalue weighted by atomic mass is 9.89. The van der Waals surface area contributed by atoms with Crippen molar-refractivity contribution in [2.45, 2.75) is 12.8 Å². The van der Waals surface area contributed by atoms with Crippen molar-refractivity contribution in [3.05, 3.63) is 170 Å². The van der Waals surface area contributed by atoms with Gasteiger partial charge in [-0.1, -0.05) is 127 Å². The predicted molar refractivity (Wildman–Crippen MR) is 185 cm³/mol. The molecule has 0 aliphatic heterocycles. The molecule has 1 aliphatic carbocycles. The Kier molecular flexibility index (Phi) is 6.35. The standard InChI is InChI=1S/C42H31N/c1-3-17-33(18-4-1)43(34-19-5-2-6-20-34)35-21-12-15-31(29-35)30-14-11-16-32(28-30)36-26-13-27-41-39-23-8-7-22-37(39)38-24-9-10-25-40(38)42(36)41/h1,3-5,7-29H,2,6H2. The van der Waals surface area contributed by atoms with E-state index in [0.717, 1.165) is 18.5 Å². The van der Waals surface area contributed by atoms with Gasteiger partial charge in [0.1, 0.15) is 0 Å². The van der Waals surface area contributed by atoms with Crippen molar-refractivity contribution in [3.8, 4) is 22.3 Å². The Morgan fingerprint density at radius 1 is 0.419 bits per heavy atom. The lowest BCUT2D eigenvalue weighted by molar-refractivity contribution is 0.997. The van der Waals surface area contributed by atoms with Crippen molar-refractivity contribution in [1.82, 2.24) is 0 Å². The molecule has 1 nitrogen and oxygen atoms in total. The van der Waals surface area contributed by atoms with E-state index in [1.54, 1.807) is 0 Å². The summed E-state index contributed by atoms with van der Waals surface area (Å²) in [7, 11) is 0. The van der Waals surface area contributed by atoms with Crippen LogP contribution in [0.1, 0.15) is 12.8 Å². The lowest BCUT2D eigenvalue weighted by Gasteiger charge is -2.28. The van der Waals surface area contributed by atoms with Gasteiger partial charge in [0.2, 0.25) is 0 Å². The van der Waals surface area contributed by atoms with Gasteiger partial charge in [0.25, 0.3) is 0 Å². The summed E-state index contributed by atoms with van der Waals surface area (Å²) in [6, 6.07) is 53.0. The van der Waals surface area contributed by atoms with Crippen LogP contribution in [0.3, 0.4) is 0 Å². The number of anilines is 2. The van der Waals surface area contributed by atoms with Gasteiger partial charge in [-0.3, -0.25) is 0 Å². The molecule has 1 heteroatoms. The topological polar surface area (TPSA) is 3.24 Å². The van der Waals surface area contributed by atoms with E-state index in [4.69, 9.17) is 0 Å². The molecule has 0 N–H and O–H groups in total. The van der Waals surface area contributed by atoms with Crippen LogP contribution in [0.5, 0.6) is 0 Å². The van der Waals surface area contributed by atoms with Crippen LogP contribution >= 0.6 is 0 Å². The maximum Gasteiger partial charge on any atom is 0.0467 e. The highest BCUT2D eigenvalue weighted by Gasteiger charge is 2.16. The minimum atomic E-state index is 1.06. The maximum atomic E-state index is 2.37. The second-order valence-electron chi connectivity index (χ2n) is 11.2. The van der Waals surface area contributed by atoms with E-state index in [9.17, 15) is 0 Å². The summed E-state index contributed by atoms with van der Waals surface area (Å²) in [5.74, 6) is 0. The minimum absolute atomic E-state index is 1.06. The predicted octanol–water partition coefficient (Wildman–Crippen LogP) is 11.9. The quantitative estimate of drug-likeness (QED) is 0.193. The average molecular weight is 550 g/mol. The zero-order valence-electron chi connectivity index (χ0n) is 23.9. The van der Waals surface area contributed by atoms with Crippen molar-refractivity contribution in [2.24, 2.45) is 0 Å². The van der Waals surface area contributed by atoms with Crippen LogP contribution in [0.25, 0.3) is 54.6 Å². The molecule has 0 atom stereocenters. The first kappa shape index (κ1) is 25.3. The zero-order chi connectivity index (χ0) is 28.6. The molecule has 0 fully saturated rings. The molecule has 8 rings (SSSR count). The number of rotatable bonds is 5. The second-order valence-corrected chi connectivity index (χ2v) is 11.2. The molecule has 0 amide bonds. The zero-order valence-corrected chi connectivity index (χ0v) is 23.9. The Bertz CT molecular complexity index is 2140. The van der Waals surface area contributed by atoms with E-state index in [-0.39, 0.29) is 0 Å². The molecule has 204 valence electrons. The van der Waals surface area contributed by atoms with Gasteiger partial charge in [0, 0.05) is 17.1 Å². The van der Waals surface area contributed by atoms with Crippen molar-refractivity contribution in [2.75, 3.05) is 4.90 Å². The van der Waals surface area contributed by atoms with Crippen LogP contribution in [0, 0.1) is 0 Å². The van der Waals surface area contributed by atoms with E-state index in [2.05, 4.69) is 169 Å². The van der Waals surface area contributed by atoms with Crippen LogP contribution in [-0.2, 0) is 0 Å². The third kappa shape index (κ3) is 4.51. The Hall–Kier alpha value is -5.40. The molecule has 0 spiro atoms. The van der Waals surface area contributed by atoms with Gasteiger partial charge in [-0.05, 0) is 104 Å². The fourth-order valence-corrected chi connectivity index (χ4v) is 6.68. The van der Waals surface area contributed by atoms with Crippen molar-refractivity contribution >= 4 is 43.7 Å². The van der Waals surface area contributed by atoms with Crippen molar-refractivity contribution < 1.29 is 0 Å². The minimum Gasteiger partial charge on any atom is -0.311 e. The summed E-state index contributed by atoms with van der Waals surface area (Å²) in [6.07, 6.45) is 9.02. The molecule has 1 aliphatic rings. The van der Waals surface area contributed by atoms with Gasteiger partial charge in [-0.15, -0.1) is 0 Å². The first-order valence-electron chi connectivity index (χ1n) is 15.1. The number of hydrogen-bond acceptors (Lipinski definition) is 1. The van der Waals surface area contributed by atoms with E-state index >= 15 is 0 Å². The van der Waals surface area contributed by atoms with Gasteiger partial charge in [0.15, 0.2) is 0 Å². The fraction of sp³-hybridized carbons (Fsp3) is 0.0476. The molecule has 0 heterocycles. The van der Waals surface area contributed by atoms with E-state index < -0.39 is 0 Å². The highest BCUT2D eigenvalue weighted by molar-refractivity contribution is 6.28. The lowest BCUT2D eigenvalue weighted by Crippen LogP contribution is -2.16. The van der Waals surface area contributed by atoms with E-state index in [0.29, 0.717) is 0 Å². The first-order chi connectivity index (χ1) is 21.3. The Labute approximate surface area is 252 Å². The number of benzene rings is 7. The number of nitrogens with zero attached hydrogens (tertiary/aromatic N) is 1. The summed E-state index contributed by atoms with van der Waals surface area (Å²) in [4.78, 5) is 2.37. The van der Waals surface area contributed by atoms with Crippen LogP contribution < -0.4 is 4.90 Å². The number of fused-ring (bicyclic) bond motifs is 6. The molecular formula is C42H31N. The third-order valence-corrected chi connectivity index (χ3v) is 8.63. The van der Waals surface area contributed by atoms with Crippen LogP contribution in [-0.4, -0.2) is 0 Å². The normalized spacial score (nSPS) is 13.0. The molecular weight excluding hydrogens is 518 g/mol. The Morgan fingerprint density at radius 3 is 1.70 bits per heavy atom. The molecule has 0 unspecified atom stereocenters. The molecule has 0 radical (unpaired) electrons. The highest BCUT2D eigenvalue weighted by Crippen LogP contribution is 2.41. The second kappa shape index (κ2) is 10.8. The summed E-state index contributed by atoms with van der Waals surface area (Å²) in [5, 5.41) is 7.81. The van der Waals surface area contributed by atoms with Gasteiger partial charge < -0.3 is 4.90 Å². The van der Waals surface area contributed by atoms with Gasteiger partial charge in [0.05, 0.1) is 0 Å². The van der Waals surface area contributed by atoms with Gasteiger partial charge >= 0.3 is 0 Å². The molecule has 0 bridgehead atoms. The summed E-state index contributed by atoms with van der Waals surface area (Å²) < 4.78 is 0. The largest absolute Gasteiger partial charge is 0.311 e. The molecule has 0 saturated heterocycles. The first-order valence-corrected chi connectivity index (χ1v) is 15.1. The maximum absolute atomic E-state index is 2.37. The van der Waals surface area contributed by atoms with Crippen LogP contribution in [0.2, 0.25) is 0 Å². The number of allylic oxidation sites excluding steroid dienone is 3. The molecule has 7 aromatic carbocycles. The van der Waals surface area contributed by atoms with E-state index in [1.807, 2.05) is 0 Å². The van der Waals surface area contributed by atoms with Crippen LogP contribution in [0.15, 0.2) is 170 Å². The van der Waals surface area contributed by atoms with Crippen molar-refractivity contribution in [1.29, 1.82) is 0 Å². The van der Waals surface area contributed by atoms with E-state index in [1.165, 1.54) is 66.0 Å². The van der Waals surface area contributed by atoms with Crippen molar-refractivity contribution in [3.63, 3.8) is 0 Å². The molecule has 7 aromatic rings. The summed E-state index contributed by atoms with van der Waals surface area (Å²) >= 11 is 0. The monoisotopic (exact) mass is 549 g/mol. The average Bonchev–Trinajstić information content (AvgIpc) is 3.09. The van der Waals surface area contributed by atoms with Gasteiger partial charge in [-0.2, -0.15) is 0 Å². The highest BCUT2D eigenvalue weighted by atomic mass is 15.1. The Morgan fingerprint density at radius 2 is 0.977 bits per heavy atom. The fourth-order valence-electron chi connectivity index (χ4n) is 6.68. The molecule has 0 saturated carbocycles. The smallest absolute Gasteiger partial charge is 0.0467 e. The summed E-state index contributed by atoms with van der Waals surface area (Å²) in [5.41, 5.74) is 8.46. The Balaban J connectivity index is 1.28. The summed E-state index contributed by atoms with van der Waals surface area (Å²) in [6.45, 7) is 0. The molecule has 0 aromatic heterocycles. The third-order valence-electron chi connectivity index (χ3n) is 8.63. The SMILES string of the molecule is C1=CC(N(c2ccccc2)c2cccc(-c3cccc(-c4cccc5c6ccccc6c6ccccc6c45)c3)c2)=CCC1. The molecule has 43 heavy (non-hydrogen) atoms.